The molecule has 0 bridgehead atoms. The monoisotopic (exact) mass is 272 g/mol. The third kappa shape index (κ3) is 4.23. The van der Waals surface area contributed by atoms with E-state index in [-0.39, 0.29) is 5.41 Å². The fourth-order valence-corrected chi connectivity index (χ4v) is 3.46. The molecule has 0 aromatic carbocycles. The summed E-state index contributed by atoms with van der Waals surface area (Å²) in [6.45, 7) is 21.5. The second kappa shape index (κ2) is 7.11. The molecule has 3 atom stereocenters. The van der Waals surface area contributed by atoms with Gasteiger partial charge in [0.05, 0.1) is 0 Å². The Morgan fingerprint density at radius 2 is 1.90 bits per heavy atom. The molecule has 0 nitrogen and oxygen atoms in total. The molecule has 0 heterocycles. The predicted molar refractivity (Wildman–Crippen MR) is 91.8 cm³/mol. The molecule has 20 heavy (non-hydrogen) atoms. The average molecular weight is 272 g/mol. The Hall–Kier alpha value is -1.04. The van der Waals surface area contributed by atoms with Gasteiger partial charge < -0.3 is 0 Å². The second-order valence-corrected chi connectivity index (χ2v) is 7.06. The molecule has 1 fully saturated rings. The molecule has 1 aliphatic carbocycles. The van der Waals surface area contributed by atoms with E-state index in [0.717, 1.165) is 12.8 Å². The quantitative estimate of drug-likeness (QED) is 0.486. The molecule has 0 N–H and O–H groups in total. The fourth-order valence-electron chi connectivity index (χ4n) is 3.46. The van der Waals surface area contributed by atoms with Crippen LogP contribution < -0.4 is 0 Å². The molecular weight excluding hydrogens is 240 g/mol. The molecule has 1 saturated carbocycles. The third-order valence-electron chi connectivity index (χ3n) is 5.00. The van der Waals surface area contributed by atoms with Crippen LogP contribution in [0.25, 0.3) is 0 Å². The van der Waals surface area contributed by atoms with Crippen molar-refractivity contribution in [3.05, 3.63) is 48.6 Å². The highest BCUT2D eigenvalue weighted by molar-refractivity contribution is 5.16. The maximum absolute atomic E-state index is 4.36. The first-order valence-electron chi connectivity index (χ1n) is 7.90. The average Bonchev–Trinajstić information content (AvgIpc) is 2.38. The summed E-state index contributed by atoms with van der Waals surface area (Å²) in [7, 11) is 0. The Bertz CT molecular complexity index is 406. The molecule has 0 heteroatoms. The highest BCUT2D eigenvalue weighted by Gasteiger charge is 2.38. The number of rotatable bonds is 6. The SMILES string of the molecule is C=CC1(C)CCC(C(=C)CCC=C(C)C)CC1C(=C)C. The molecule has 0 aromatic rings. The predicted octanol–water partition coefficient (Wildman–Crippen LogP) is 6.47. The number of hydrogen-bond acceptors (Lipinski definition) is 0. The standard InChI is InChI=1S/C20H32/c1-8-20(7)13-12-18(14-19(20)16(4)5)17(6)11-9-10-15(2)3/h8,10,18-19H,1,4,6,9,11-14H2,2-3,5,7H3. The fraction of sp³-hybridized carbons (Fsp3) is 0.600. The van der Waals surface area contributed by atoms with Crippen LogP contribution in [0.5, 0.6) is 0 Å². The topological polar surface area (TPSA) is 0 Å². The van der Waals surface area contributed by atoms with Crippen LogP contribution in [-0.4, -0.2) is 0 Å². The number of allylic oxidation sites excluding steroid dienone is 5. The Labute approximate surface area is 126 Å². The van der Waals surface area contributed by atoms with Crippen LogP contribution in [0.4, 0.5) is 0 Å². The van der Waals surface area contributed by atoms with Crippen molar-refractivity contribution in [2.24, 2.45) is 17.3 Å². The van der Waals surface area contributed by atoms with Crippen molar-refractivity contribution < 1.29 is 0 Å². The minimum absolute atomic E-state index is 0.225. The van der Waals surface area contributed by atoms with Gasteiger partial charge in [-0.2, -0.15) is 0 Å². The van der Waals surface area contributed by atoms with E-state index in [0.29, 0.717) is 11.8 Å². The van der Waals surface area contributed by atoms with Crippen LogP contribution in [0.3, 0.4) is 0 Å². The zero-order valence-electron chi connectivity index (χ0n) is 14.0. The van der Waals surface area contributed by atoms with Gasteiger partial charge in [0.15, 0.2) is 0 Å². The van der Waals surface area contributed by atoms with E-state index in [4.69, 9.17) is 0 Å². The Kier molecular flexibility index (Phi) is 6.05. The Morgan fingerprint density at radius 3 is 2.40 bits per heavy atom. The van der Waals surface area contributed by atoms with Crippen LogP contribution in [0.1, 0.15) is 59.8 Å². The van der Waals surface area contributed by atoms with Gasteiger partial charge in [0.25, 0.3) is 0 Å². The van der Waals surface area contributed by atoms with Gasteiger partial charge in [0.1, 0.15) is 0 Å². The Morgan fingerprint density at radius 1 is 1.25 bits per heavy atom. The van der Waals surface area contributed by atoms with Crippen molar-refractivity contribution >= 4 is 0 Å². The van der Waals surface area contributed by atoms with Gasteiger partial charge in [-0.15, -0.1) is 6.58 Å². The van der Waals surface area contributed by atoms with Crippen molar-refractivity contribution in [1.29, 1.82) is 0 Å². The van der Waals surface area contributed by atoms with E-state index in [1.165, 1.54) is 36.0 Å². The summed E-state index contributed by atoms with van der Waals surface area (Å²) in [5.41, 5.74) is 4.36. The normalized spacial score (nSPS) is 29.6. The largest absolute Gasteiger partial charge is 0.103 e. The van der Waals surface area contributed by atoms with Gasteiger partial charge in [0.2, 0.25) is 0 Å². The van der Waals surface area contributed by atoms with Crippen LogP contribution >= 0.6 is 0 Å². The van der Waals surface area contributed by atoms with Gasteiger partial charge in [-0.25, -0.2) is 0 Å². The molecular formula is C20H32. The maximum atomic E-state index is 4.36. The molecule has 1 rings (SSSR count). The van der Waals surface area contributed by atoms with Crippen LogP contribution in [0, 0.1) is 17.3 Å². The zero-order chi connectivity index (χ0) is 15.3. The van der Waals surface area contributed by atoms with Gasteiger partial charge in [-0.05, 0) is 70.1 Å². The lowest BCUT2D eigenvalue weighted by atomic mass is 9.61. The van der Waals surface area contributed by atoms with E-state index in [2.05, 4.69) is 59.6 Å². The molecule has 0 saturated heterocycles. The van der Waals surface area contributed by atoms with Crippen molar-refractivity contribution in [3.63, 3.8) is 0 Å². The first kappa shape index (κ1) is 17.0. The zero-order valence-corrected chi connectivity index (χ0v) is 14.0. The van der Waals surface area contributed by atoms with Crippen LogP contribution in [-0.2, 0) is 0 Å². The van der Waals surface area contributed by atoms with E-state index in [9.17, 15) is 0 Å². The van der Waals surface area contributed by atoms with Gasteiger partial charge >= 0.3 is 0 Å². The summed E-state index contributed by atoms with van der Waals surface area (Å²) in [6, 6.07) is 0. The minimum Gasteiger partial charge on any atom is -0.103 e. The van der Waals surface area contributed by atoms with Gasteiger partial charge in [-0.3, -0.25) is 0 Å². The molecule has 112 valence electrons. The highest BCUT2D eigenvalue weighted by Crippen LogP contribution is 2.49. The summed E-state index contributed by atoms with van der Waals surface area (Å²) in [5.74, 6) is 1.22. The maximum Gasteiger partial charge on any atom is -0.00836 e. The number of hydrogen-bond donors (Lipinski definition) is 0. The summed E-state index contributed by atoms with van der Waals surface area (Å²) in [4.78, 5) is 0. The molecule has 0 radical (unpaired) electrons. The van der Waals surface area contributed by atoms with Gasteiger partial charge in [-0.1, -0.05) is 49.0 Å². The van der Waals surface area contributed by atoms with Crippen molar-refractivity contribution in [3.8, 4) is 0 Å². The first-order valence-corrected chi connectivity index (χ1v) is 7.90. The summed E-state index contributed by atoms with van der Waals surface area (Å²) >= 11 is 0. The van der Waals surface area contributed by atoms with Crippen LogP contribution in [0.15, 0.2) is 48.6 Å². The molecule has 0 amide bonds. The van der Waals surface area contributed by atoms with Gasteiger partial charge in [0, 0.05) is 0 Å². The lowest BCUT2D eigenvalue weighted by Gasteiger charge is -2.44. The van der Waals surface area contributed by atoms with E-state index >= 15 is 0 Å². The Balaban J connectivity index is 2.67. The lowest BCUT2D eigenvalue weighted by Crippen LogP contribution is -2.33. The molecule has 1 aliphatic rings. The summed E-state index contributed by atoms with van der Waals surface area (Å²) < 4.78 is 0. The molecule has 0 aliphatic heterocycles. The van der Waals surface area contributed by atoms with Crippen molar-refractivity contribution in [2.75, 3.05) is 0 Å². The van der Waals surface area contributed by atoms with E-state index in [1.54, 1.807) is 0 Å². The first-order chi connectivity index (χ1) is 9.30. The third-order valence-corrected chi connectivity index (χ3v) is 5.00. The van der Waals surface area contributed by atoms with E-state index < -0.39 is 0 Å². The molecule has 0 aromatic heterocycles. The van der Waals surface area contributed by atoms with Crippen molar-refractivity contribution in [2.45, 2.75) is 59.8 Å². The minimum atomic E-state index is 0.225. The summed E-state index contributed by atoms with van der Waals surface area (Å²) in [6.07, 6.45) is 10.4. The smallest absolute Gasteiger partial charge is 0.00836 e. The molecule has 0 spiro atoms. The van der Waals surface area contributed by atoms with E-state index in [1.807, 2.05) is 0 Å². The van der Waals surface area contributed by atoms with Crippen molar-refractivity contribution in [1.82, 2.24) is 0 Å². The second-order valence-electron chi connectivity index (χ2n) is 7.06. The van der Waals surface area contributed by atoms with Crippen LogP contribution in [0.2, 0.25) is 0 Å². The molecule has 3 unspecified atom stereocenters. The summed E-state index contributed by atoms with van der Waals surface area (Å²) in [5, 5.41) is 0. The lowest BCUT2D eigenvalue weighted by molar-refractivity contribution is 0.168. The highest BCUT2D eigenvalue weighted by atomic mass is 14.4.